The van der Waals surface area contributed by atoms with Gasteiger partial charge in [0.15, 0.2) is 5.69 Å². The molecular weight excluding hydrogens is 222 g/mol. The minimum absolute atomic E-state index is 0.0341. The lowest BCUT2D eigenvalue weighted by Gasteiger charge is -2.39. The number of nitrogens with one attached hydrogen (secondary N) is 2. The highest BCUT2D eigenvalue weighted by atomic mass is 16.4. The van der Waals surface area contributed by atoms with E-state index in [-0.39, 0.29) is 17.6 Å². The van der Waals surface area contributed by atoms with Crippen LogP contribution in [0.5, 0.6) is 0 Å². The minimum Gasteiger partial charge on any atom is -0.477 e. The molecule has 1 amide bonds. The van der Waals surface area contributed by atoms with E-state index < -0.39 is 5.97 Å². The zero-order valence-corrected chi connectivity index (χ0v) is 9.19. The second-order valence-electron chi connectivity index (χ2n) is 4.43. The summed E-state index contributed by atoms with van der Waals surface area (Å²) in [6, 6.07) is -0.217. The molecule has 0 aromatic carbocycles. The maximum atomic E-state index is 11.9. The largest absolute Gasteiger partial charge is 0.477 e. The lowest BCUT2D eigenvalue weighted by atomic mass is 9.98. The lowest BCUT2D eigenvalue weighted by Crippen LogP contribution is -2.50. The number of carbonyl (C=O) groups excluding carboxylic acids is 1. The van der Waals surface area contributed by atoms with Crippen molar-refractivity contribution >= 4 is 23.3 Å². The predicted molar refractivity (Wildman–Crippen MR) is 61.4 cm³/mol. The third-order valence-electron chi connectivity index (χ3n) is 3.42. The standard InChI is InChI=1S/C11H13N3O3/c15-10-7-3-1-2-4-14(7)9-6(13-10)5-12-8(9)11(16)17/h5,7,12H,1-4H2,(H,13,15)(H,16,17). The Kier molecular flexibility index (Phi) is 2.10. The molecule has 1 fully saturated rings. The van der Waals surface area contributed by atoms with E-state index in [1.54, 1.807) is 6.20 Å². The fourth-order valence-corrected chi connectivity index (χ4v) is 2.66. The van der Waals surface area contributed by atoms with Crippen LogP contribution < -0.4 is 10.2 Å². The fraction of sp³-hybridized carbons (Fsp3) is 0.455. The second kappa shape index (κ2) is 3.51. The molecule has 3 heterocycles. The molecule has 3 rings (SSSR count). The Hall–Kier alpha value is -1.98. The molecule has 0 spiro atoms. The van der Waals surface area contributed by atoms with Gasteiger partial charge in [0.05, 0.1) is 11.4 Å². The van der Waals surface area contributed by atoms with Gasteiger partial charge in [-0.05, 0) is 19.3 Å². The van der Waals surface area contributed by atoms with Gasteiger partial charge in [0.2, 0.25) is 5.91 Å². The third-order valence-corrected chi connectivity index (χ3v) is 3.42. The van der Waals surface area contributed by atoms with E-state index in [1.165, 1.54) is 0 Å². The van der Waals surface area contributed by atoms with Crippen molar-refractivity contribution in [2.75, 3.05) is 16.8 Å². The van der Waals surface area contributed by atoms with Gasteiger partial charge in [-0.15, -0.1) is 0 Å². The fourth-order valence-electron chi connectivity index (χ4n) is 2.66. The molecule has 17 heavy (non-hydrogen) atoms. The van der Waals surface area contributed by atoms with Gasteiger partial charge in [-0.25, -0.2) is 4.79 Å². The predicted octanol–water partition coefficient (Wildman–Crippen LogP) is 1.02. The Bertz CT molecular complexity index is 494. The monoisotopic (exact) mass is 235 g/mol. The molecule has 1 unspecified atom stereocenters. The Labute approximate surface area is 97.6 Å². The first-order valence-electron chi connectivity index (χ1n) is 5.70. The van der Waals surface area contributed by atoms with Crippen LogP contribution in [0.25, 0.3) is 0 Å². The molecule has 90 valence electrons. The number of nitrogens with zero attached hydrogens (tertiary/aromatic N) is 1. The van der Waals surface area contributed by atoms with Gasteiger partial charge in [0.1, 0.15) is 6.04 Å². The number of carboxylic acids is 1. The van der Waals surface area contributed by atoms with Crippen LogP contribution in [0.4, 0.5) is 11.4 Å². The van der Waals surface area contributed by atoms with Crippen molar-refractivity contribution in [1.29, 1.82) is 0 Å². The first-order chi connectivity index (χ1) is 8.18. The van der Waals surface area contributed by atoms with E-state index in [2.05, 4.69) is 10.3 Å². The summed E-state index contributed by atoms with van der Waals surface area (Å²) in [5, 5.41) is 11.9. The molecule has 1 aromatic heterocycles. The van der Waals surface area contributed by atoms with Crippen LogP contribution in [-0.2, 0) is 4.79 Å². The summed E-state index contributed by atoms with van der Waals surface area (Å²) in [6.07, 6.45) is 4.33. The summed E-state index contributed by atoms with van der Waals surface area (Å²) in [5.74, 6) is -1.03. The van der Waals surface area contributed by atoms with Gasteiger partial charge < -0.3 is 20.3 Å². The zero-order chi connectivity index (χ0) is 12.0. The number of aromatic nitrogens is 1. The van der Waals surface area contributed by atoms with Crippen LogP contribution in [0.2, 0.25) is 0 Å². The molecule has 0 bridgehead atoms. The van der Waals surface area contributed by atoms with Crippen LogP contribution in [0.15, 0.2) is 6.20 Å². The number of aromatic amines is 1. The molecular formula is C11H13N3O3. The average Bonchev–Trinajstić information content (AvgIpc) is 2.73. The first-order valence-corrected chi connectivity index (χ1v) is 5.70. The van der Waals surface area contributed by atoms with E-state index in [0.29, 0.717) is 11.4 Å². The molecule has 1 aromatic rings. The highest BCUT2D eigenvalue weighted by Gasteiger charge is 2.37. The van der Waals surface area contributed by atoms with Gasteiger partial charge in [0, 0.05) is 12.7 Å². The van der Waals surface area contributed by atoms with Gasteiger partial charge in [-0.3, -0.25) is 4.79 Å². The highest BCUT2D eigenvalue weighted by Crippen LogP contribution is 2.38. The molecule has 3 N–H and O–H groups in total. The number of rotatable bonds is 1. The molecule has 6 nitrogen and oxygen atoms in total. The number of carboxylic acid groups (broad SMARTS) is 1. The van der Waals surface area contributed by atoms with Crippen LogP contribution in [-0.4, -0.2) is 34.6 Å². The number of anilines is 2. The van der Waals surface area contributed by atoms with Gasteiger partial charge >= 0.3 is 5.97 Å². The number of piperidine rings is 1. The zero-order valence-electron chi connectivity index (χ0n) is 9.19. The molecule has 0 saturated carbocycles. The number of H-pyrrole nitrogens is 1. The van der Waals surface area contributed by atoms with E-state index in [4.69, 9.17) is 5.11 Å². The van der Waals surface area contributed by atoms with Crippen molar-refractivity contribution in [1.82, 2.24) is 4.98 Å². The Morgan fingerprint density at radius 3 is 3.06 bits per heavy atom. The van der Waals surface area contributed by atoms with E-state index in [1.807, 2.05) is 4.90 Å². The van der Waals surface area contributed by atoms with Crippen molar-refractivity contribution in [3.63, 3.8) is 0 Å². The van der Waals surface area contributed by atoms with Crippen LogP contribution in [0.1, 0.15) is 29.8 Å². The molecule has 2 aliphatic rings. The summed E-state index contributed by atoms with van der Waals surface area (Å²) in [5.41, 5.74) is 1.36. The maximum Gasteiger partial charge on any atom is 0.354 e. The van der Waals surface area contributed by atoms with Crippen LogP contribution >= 0.6 is 0 Å². The van der Waals surface area contributed by atoms with Gasteiger partial charge in [-0.2, -0.15) is 0 Å². The SMILES string of the molecule is O=C(O)c1[nH]cc2c1N1CCCCC1C(=O)N2. The molecule has 0 radical (unpaired) electrons. The van der Waals surface area contributed by atoms with Crippen molar-refractivity contribution in [2.24, 2.45) is 0 Å². The summed E-state index contributed by atoms with van der Waals surface area (Å²) in [7, 11) is 0. The van der Waals surface area contributed by atoms with Gasteiger partial charge in [0.25, 0.3) is 0 Å². The summed E-state index contributed by atoms with van der Waals surface area (Å²) >= 11 is 0. The number of amides is 1. The third kappa shape index (κ3) is 1.40. The quantitative estimate of drug-likeness (QED) is 0.678. The van der Waals surface area contributed by atoms with Crippen molar-refractivity contribution < 1.29 is 14.7 Å². The van der Waals surface area contributed by atoms with E-state index in [0.717, 1.165) is 25.8 Å². The lowest BCUT2D eigenvalue weighted by molar-refractivity contribution is -0.118. The smallest absolute Gasteiger partial charge is 0.354 e. The topological polar surface area (TPSA) is 85.4 Å². The summed E-state index contributed by atoms with van der Waals surface area (Å²) < 4.78 is 0. The number of fused-ring (bicyclic) bond motifs is 3. The molecule has 1 saturated heterocycles. The van der Waals surface area contributed by atoms with Crippen molar-refractivity contribution in [3.05, 3.63) is 11.9 Å². The second-order valence-corrected chi connectivity index (χ2v) is 4.43. The maximum absolute atomic E-state index is 11.9. The number of carbonyl (C=O) groups is 2. The van der Waals surface area contributed by atoms with Crippen molar-refractivity contribution in [3.8, 4) is 0 Å². The Balaban J connectivity index is 2.10. The molecule has 0 aliphatic carbocycles. The van der Waals surface area contributed by atoms with Crippen LogP contribution in [0, 0.1) is 0 Å². The van der Waals surface area contributed by atoms with Gasteiger partial charge in [-0.1, -0.05) is 0 Å². The van der Waals surface area contributed by atoms with Crippen molar-refractivity contribution in [2.45, 2.75) is 25.3 Å². The summed E-state index contributed by atoms with van der Waals surface area (Å²) in [4.78, 5) is 27.6. The number of aromatic carboxylic acids is 1. The Morgan fingerprint density at radius 2 is 2.29 bits per heavy atom. The highest BCUT2D eigenvalue weighted by molar-refractivity contribution is 6.08. The molecule has 1 atom stereocenters. The number of hydrogen-bond acceptors (Lipinski definition) is 3. The minimum atomic E-state index is -0.994. The first kappa shape index (κ1) is 10.2. The summed E-state index contributed by atoms with van der Waals surface area (Å²) in [6.45, 7) is 0.739. The Morgan fingerprint density at radius 1 is 1.47 bits per heavy atom. The molecule has 2 aliphatic heterocycles. The average molecular weight is 235 g/mol. The van der Waals surface area contributed by atoms with E-state index in [9.17, 15) is 9.59 Å². The van der Waals surface area contributed by atoms with E-state index >= 15 is 0 Å². The van der Waals surface area contributed by atoms with Crippen LogP contribution in [0.3, 0.4) is 0 Å². The molecule has 6 heteroatoms. The number of hydrogen-bond donors (Lipinski definition) is 3. The normalized spacial score (nSPS) is 22.7.